The molecule has 3 amide bonds. The first kappa shape index (κ1) is 19.7. The number of nitrogens with two attached hydrogens (primary N) is 1. The fourth-order valence-electron chi connectivity index (χ4n) is 3.44. The van der Waals surface area contributed by atoms with E-state index >= 15 is 0 Å². The number of nitrogens with zero attached hydrogens (tertiary/aromatic N) is 2. The summed E-state index contributed by atoms with van der Waals surface area (Å²) < 4.78 is 0. The SMILES string of the molecule is CC(C)[C@H](N)C(=O)NCC(=O)N1CCC(C(=O)N2CCCCC2)CC1. The number of carbonyl (C=O) groups excluding carboxylic acids is 3. The Bertz CT molecular complexity index is 481. The molecule has 7 nitrogen and oxygen atoms in total. The summed E-state index contributed by atoms with van der Waals surface area (Å²) in [5.74, 6) is -0.0764. The molecular weight excluding hydrogens is 320 g/mol. The van der Waals surface area contributed by atoms with E-state index in [1.165, 1.54) is 6.42 Å². The zero-order valence-electron chi connectivity index (χ0n) is 15.5. The van der Waals surface area contributed by atoms with Gasteiger partial charge in [-0.05, 0) is 38.0 Å². The van der Waals surface area contributed by atoms with E-state index in [1.54, 1.807) is 4.90 Å². The zero-order chi connectivity index (χ0) is 18.4. The number of amides is 3. The van der Waals surface area contributed by atoms with Gasteiger partial charge in [0.25, 0.3) is 0 Å². The molecule has 0 aromatic heterocycles. The highest BCUT2D eigenvalue weighted by Crippen LogP contribution is 2.21. The summed E-state index contributed by atoms with van der Waals surface area (Å²) in [4.78, 5) is 40.3. The van der Waals surface area contributed by atoms with Gasteiger partial charge in [0.2, 0.25) is 17.7 Å². The van der Waals surface area contributed by atoms with Crippen molar-refractivity contribution in [3.05, 3.63) is 0 Å². The maximum atomic E-state index is 12.5. The molecule has 0 bridgehead atoms. The fraction of sp³-hybridized carbons (Fsp3) is 0.833. The first-order chi connectivity index (χ1) is 11.9. The molecule has 0 radical (unpaired) electrons. The third-order valence-electron chi connectivity index (χ3n) is 5.30. The van der Waals surface area contributed by atoms with E-state index < -0.39 is 6.04 Å². The van der Waals surface area contributed by atoms with Crippen LogP contribution in [-0.4, -0.2) is 66.3 Å². The van der Waals surface area contributed by atoms with Crippen molar-refractivity contribution in [1.29, 1.82) is 0 Å². The number of hydrogen-bond donors (Lipinski definition) is 2. The van der Waals surface area contributed by atoms with Crippen LogP contribution in [0.3, 0.4) is 0 Å². The maximum Gasteiger partial charge on any atom is 0.241 e. The maximum absolute atomic E-state index is 12.5. The molecule has 2 saturated heterocycles. The van der Waals surface area contributed by atoms with Gasteiger partial charge in [-0.25, -0.2) is 0 Å². The second kappa shape index (κ2) is 9.17. The molecule has 0 aliphatic carbocycles. The molecule has 1 atom stereocenters. The summed E-state index contributed by atoms with van der Waals surface area (Å²) in [5.41, 5.74) is 5.77. The van der Waals surface area contributed by atoms with Crippen LogP contribution in [0.1, 0.15) is 46.0 Å². The quantitative estimate of drug-likeness (QED) is 0.746. The predicted octanol–water partition coefficient (Wildman–Crippen LogP) is 0.337. The van der Waals surface area contributed by atoms with Gasteiger partial charge in [-0.15, -0.1) is 0 Å². The van der Waals surface area contributed by atoms with Gasteiger partial charge in [-0.1, -0.05) is 13.8 Å². The lowest BCUT2D eigenvalue weighted by molar-refractivity contribution is -0.141. The normalized spacial score (nSPS) is 20.5. The van der Waals surface area contributed by atoms with Gasteiger partial charge >= 0.3 is 0 Å². The van der Waals surface area contributed by atoms with Crippen LogP contribution in [0.25, 0.3) is 0 Å². The topological polar surface area (TPSA) is 95.7 Å². The Hall–Kier alpha value is -1.63. The van der Waals surface area contributed by atoms with Crippen LogP contribution in [0.2, 0.25) is 0 Å². The number of rotatable bonds is 5. The van der Waals surface area contributed by atoms with E-state index in [0.29, 0.717) is 25.9 Å². The number of nitrogens with one attached hydrogen (secondary N) is 1. The lowest BCUT2D eigenvalue weighted by Gasteiger charge is -2.35. The standard InChI is InChI=1S/C18H32N4O3/c1-13(2)16(19)17(24)20-12-15(23)21-10-6-14(7-11-21)18(25)22-8-4-3-5-9-22/h13-14,16H,3-12,19H2,1-2H3,(H,20,24)/t16-/m0/s1. The van der Waals surface area contributed by atoms with Crippen LogP contribution >= 0.6 is 0 Å². The molecule has 3 N–H and O–H groups in total. The molecule has 2 aliphatic rings. The molecule has 2 heterocycles. The Morgan fingerprint density at radius 3 is 2.16 bits per heavy atom. The van der Waals surface area contributed by atoms with Gasteiger partial charge in [0, 0.05) is 32.1 Å². The molecule has 142 valence electrons. The Morgan fingerprint density at radius 2 is 1.60 bits per heavy atom. The second-order valence-electron chi connectivity index (χ2n) is 7.53. The number of hydrogen-bond acceptors (Lipinski definition) is 4. The third-order valence-corrected chi connectivity index (χ3v) is 5.30. The van der Waals surface area contributed by atoms with Crippen molar-refractivity contribution in [2.45, 2.75) is 52.0 Å². The summed E-state index contributed by atoms with van der Waals surface area (Å²) in [6, 6.07) is -0.597. The van der Waals surface area contributed by atoms with Crippen LogP contribution < -0.4 is 11.1 Å². The molecule has 0 aromatic rings. The Morgan fingerprint density at radius 1 is 1.00 bits per heavy atom. The van der Waals surface area contributed by atoms with Gasteiger partial charge in [-0.2, -0.15) is 0 Å². The van der Waals surface area contributed by atoms with E-state index in [2.05, 4.69) is 5.32 Å². The summed E-state index contributed by atoms with van der Waals surface area (Å²) >= 11 is 0. The van der Waals surface area contributed by atoms with Crippen LogP contribution in [0, 0.1) is 11.8 Å². The van der Waals surface area contributed by atoms with Gasteiger partial charge in [0.15, 0.2) is 0 Å². The smallest absolute Gasteiger partial charge is 0.241 e. The van der Waals surface area contributed by atoms with Crippen molar-refractivity contribution >= 4 is 17.7 Å². The van der Waals surface area contributed by atoms with Gasteiger partial charge in [-0.3, -0.25) is 14.4 Å². The number of carbonyl (C=O) groups is 3. The molecule has 7 heteroatoms. The third kappa shape index (κ3) is 5.42. The molecule has 2 rings (SSSR count). The molecule has 25 heavy (non-hydrogen) atoms. The Balaban J connectivity index is 1.72. The number of likely N-dealkylation sites (tertiary alicyclic amines) is 2. The average Bonchev–Trinajstić information content (AvgIpc) is 2.65. The second-order valence-corrected chi connectivity index (χ2v) is 7.53. The molecule has 0 unspecified atom stereocenters. The first-order valence-electron chi connectivity index (χ1n) is 9.50. The highest BCUT2D eigenvalue weighted by molar-refractivity contribution is 5.87. The summed E-state index contributed by atoms with van der Waals surface area (Å²) in [6.45, 7) is 6.63. The monoisotopic (exact) mass is 352 g/mol. The van der Waals surface area contributed by atoms with Gasteiger partial charge in [0.1, 0.15) is 0 Å². The minimum atomic E-state index is -0.597. The lowest BCUT2D eigenvalue weighted by Crippen LogP contribution is -2.50. The minimum Gasteiger partial charge on any atom is -0.346 e. The molecular formula is C18H32N4O3. The minimum absolute atomic E-state index is 0.0238. The molecule has 0 saturated carbocycles. The van der Waals surface area contributed by atoms with Crippen molar-refractivity contribution in [2.75, 3.05) is 32.7 Å². The van der Waals surface area contributed by atoms with Crippen LogP contribution in [0.15, 0.2) is 0 Å². The van der Waals surface area contributed by atoms with E-state index in [4.69, 9.17) is 5.73 Å². The van der Waals surface area contributed by atoms with Crippen molar-refractivity contribution in [2.24, 2.45) is 17.6 Å². The molecule has 0 aromatic carbocycles. The summed E-state index contributed by atoms with van der Waals surface area (Å²) in [7, 11) is 0. The molecule has 0 spiro atoms. The van der Waals surface area contributed by atoms with E-state index in [-0.39, 0.29) is 36.1 Å². The first-order valence-corrected chi connectivity index (χ1v) is 9.50. The fourth-order valence-corrected chi connectivity index (χ4v) is 3.44. The average molecular weight is 352 g/mol. The summed E-state index contributed by atoms with van der Waals surface area (Å²) in [6.07, 6.45) is 4.83. The van der Waals surface area contributed by atoms with Crippen molar-refractivity contribution in [1.82, 2.24) is 15.1 Å². The Kier molecular flexibility index (Phi) is 7.23. The highest BCUT2D eigenvalue weighted by Gasteiger charge is 2.30. The van der Waals surface area contributed by atoms with Gasteiger partial charge in [0.05, 0.1) is 12.6 Å². The Labute approximate surface area is 150 Å². The lowest BCUT2D eigenvalue weighted by atomic mass is 9.94. The van der Waals surface area contributed by atoms with E-state index in [1.807, 2.05) is 18.7 Å². The zero-order valence-corrected chi connectivity index (χ0v) is 15.5. The van der Waals surface area contributed by atoms with Crippen LogP contribution in [0.4, 0.5) is 0 Å². The van der Waals surface area contributed by atoms with Gasteiger partial charge < -0.3 is 20.9 Å². The summed E-state index contributed by atoms with van der Waals surface area (Å²) in [5, 5.41) is 2.62. The van der Waals surface area contributed by atoms with Crippen molar-refractivity contribution in [3.8, 4) is 0 Å². The van der Waals surface area contributed by atoms with Crippen LogP contribution in [0.5, 0.6) is 0 Å². The highest BCUT2D eigenvalue weighted by atomic mass is 16.2. The molecule has 2 fully saturated rings. The van der Waals surface area contributed by atoms with Crippen molar-refractivity contribution < 1.29 is 14.4 Å². The van der Waals surface area contributed by atoms with Crippen molar-refractivity contribution in [3.63, 3.8) is 0 Å². The predicted molar refractivity (Wildman–Crippen MR) is 95.6 cm³/mol. The van der Waals surface area contributed by atoms with E-state index in [9.17, 15) is 14.4 Å². The largest absolute Gasteiger partial charge is 0.346 e. The van der Waals surface area contributed by atoms with E-state index in [0.717, 1.165) is 25.9 Å². The van der Waals surface area contributed by atoms with Crippen LogP contribution in [-0.2, 0) is 14.4 Å². The molecule has 2 aliphatic heterocycles. The number of piperidine rings is 2.